The summed E-state index contributed by atoms with van der Waals surface area (Å²) in [4.78, 5) is 19.5. The second-order valence-electron chi connectivity index (χ2n) is 8.55. The molecule has 32 heavy (non-hydrogen) atoms. The number of rotatable bonds is 5. The molecule has 1 unspecified atom stereocenters. The number of ether oxygens (including phenoxy) is 1. The van der Waals surface area contributed by atoms with Crippen LogP contribution in [0.5, 0.6) is 0 Å². The summed E-state index contributed by atoms with van der Waals surface area (Å²) in [6.07, 6.45) is 2.62. The molecule has 0 radical (unpaired) electrons. The molecule has 2 saturated heterocycles. The molecular weight excluding hydrogens is 412 g/mol. The minimum atomic E-state index is -0.148. The molecule has 10 heteroatoms. The van der Waals surface area contributed by atoms with Gasteiger partial charge in [-0.15, -0.1) is 0 Å². The molecule has 0 saturated carbocycles. The van der Waals surface area contributed by atoms with E-state index in [-0.39, 0.29) is 17.7 Å². The summed E-state index contributed by atoms with van der Waals surface area (Å²) in [5.74, 6) is 2.12. The smallest absolute Gasteiger partial charge is 0.276 e. The van der Waals surface area contributed by atoms with Crippen LogP contribution in [0.4, 0.5) is 0 Å². The Balaban J connectivity index is 1.27. The number of amides is 1. The fourth-order valence-corrected chi connectivity index (χ4v) is 4.70. The zero-order valence-electron chi connectivity index (χ0n) is 18.7. The van der Waals surface area contributed by atoms with Crippen LogP contribution < -0.4 is 0 Å². The first-order chi connectivity index (χ1) is 15.5. The Kier molecular flexibility index (Phi) is 5.54. The van der Waals surface area contributed by atoms with Crippen LogP contribution in [0.1, 0.15) is 71.6 Å². The zero-order valence-corrected chi connectivity index (χ0v) is 18.7. The van der Waals surface area contributed by atoms with Crippen molar-refractivity contribution in [3.63, 3.8) is 0 Å². The van der Waals surface area contributed by atoms with Gasteiger partial charge in [0.25, 0.3) is 5.91 Å². The maximum Gasteiger partial charge on any atom is 0.276 e. The van der Waals surface area contributed by atoms with E-state index in [0.717, 1.165) is 61.8 Å². The quantitative estimate of drug-likeness (QED) is 0.595. The number of aryl methyl sites for hydroxylation is 2. The van der Waals surface area contributed by atoms with Gasteiger partial charge in [0.2, 0.25) is 5.89 Å². The van der Waals surface area contributed by atoms with E-state index < -0.39 is 0 Å². The lowest BCUT2D eigenvalue weighted by molar-refractivity contribution is 0.0779. The lowest BCUT2D eigenvalue weighted by Gasteiger charge is -2.18. The first-order valence-corrected chi connectivity index (χ1v) is 11.3. The van der Waals surface area contributed by atoms with E-state index in [1.54, 1.807) is 11.0 Å². The van der Waals surface area contributed by atoms with E-state index >= 15 is 0 Å². The standard InChI is InChI=1S/C22H28N6O4/c1-4-28-14(3)19(13(2)24-28)18-11-17(25-31-18)22(29)27-8-5-16(12-27)21-23-20(26-32-21)15-6-9-30-10-7-15/h11,15-16H,4-10,12H2,1-3H3. The molecule has 170 valence electrons. The van der Waals surface area contributed by atoms with Gasteiger partial charge in [-0.25, -0.2) is 0 Å². The fraction of sp³-hybridized carbons (Fsp3) is 0.591. The third kappa shape index (κ3) is 3.72. The highest BCUT2D eigenvalue weighted by Crippen LogP contribution is 2.32. The topological polar surface area (TPSA) is 112 Å². The van der Waals surface area contributed by atoms with Crippen LogP contribution in [0.15, 0.2) is 15.1 Å². The second-order valence-corrected chi connectivity index (χ2v) is 8.55. The molecule has 3 aromatic rings. The summed E-state index contributed by atoms with van der Waals surface area (Å²) in [7, 11) is 0. The van der Waals surface area contributed by atoms with Gasteiger partial charge in [0.15, 0.2) is 17.3 Å². The van der Waals surface area contributed by atoms with Crippen LogP contribution >= 0.6 is 0 Å². The van der Waals surface area contributed by atoms with E-state index in [9.17, 15) is 4.79 Å². The van der Waals surface area contributed by atoms with Crippen LogP contribution in [-0.2, 0) is 11.3 Å². The van der Waals surface area contributed by atoms with Crippen molar-refractivity contribution in [2.45, 2.75) is 58.4 Å². The van der Waals surface area contributed by atoms with Gasteiger partial charge in [0.05, 0.1) is 17.2 Å². The van der Waals surface area contributed by atoms with Crippen molar-refractivity contribution in [3.05, 3.63) is 34.9 Å². The summed E-state index contributed by atoms with van der Waals surface area (Å²) >= 11 is 0. The largest absolute Gasteiger partial charge is 0.381 e. The highest BCUT2D eigenvalue weighted by atomic mass is 16.5. The van der Waals surface area contributed by atoms with Gasteiger partial charge in [-0.05, 0) is 40.0 Å². The summed E-state index contributed by atoms with van der Waals surface area (Å²) in [6, 6.07) is 1.71. The van der Waals surface area contributed by atoms with Gasteiger partial charge in [-0.2, -0.15) is 10.1 Å². The molecule has 5 rings (SSSR count). The number of aromatic nitrogens is 5. The van der Waals surface area contributed by atoms with Crippen molar-refractivity contribution >= 4 is 5.91 Å². The molecule has 10 nitrogen and oxygen atoms in total. The summed E-state index contributed by atoms with van der Waals surface area (Å²) in [5, 5.41) is 12.8. The molecule has 0 aliphatic carbocycles. The molecular formula is C22H28N6O4. The average molecular weight is 441 g/mol. The van der Waals surface area contributed by atoms with Crippen LogP contribution in [0, 0.1) is 13.8 Å². The number of hydrogen-bond acceptors (Lipinski definition) is 8. The van der Waals surface area contributed by atoms with E-state index in [0.29, 0.717) is 30.4 Å². The van der Waals surface area contributed by atoms with Crippen molar-refractivity contribution < 1.29 is 18.6 Å². The van der Waals surface area contributed by atoms with Crippen LogP contribution in [0.25, 0.3) is 11.3 Å². The predicted octanol–water partition coefficient (Wildman–Crippen LogP) is 3.08. The molecule has 2 aliphatic rings. The van der Waals surface area contributed by atoms with Crippen LogP contribution in [0.3, 0.4) is 0 Å². The van der Waals surface area contributed by atoms with Gasteiger partial charge in [0.1, 0.15) is 0 Å². The molecule has 0 spiro atoms. The maximum atomic E-state index is 13.1. The van der Waals surface area contributed by atoms with E-state index in [1.807, 2.05) is 25.5 Å². The van der Waals surface area contributed by atoms with Crippen molar-refractivity contribution in [2.24, 2.45) is 0 Å². The molecule has 0 bridgehead atoms. The molecule has 1 atom stereocenters. The average Bonchev–Trinajstić information content (AvgIpc) is 3.60. The first-order valence-electron chi connectivity index (χ1n) is 11.3. The van der Waals surface area contributed by atoms with Crippen LogP contribution in [-0.4, -0.2) is 62.2 Å². The Morgan fingerprint density at radius 1 is 1.12 bits per heavy atom. The lowest BCUT2D eigenvalue weighted by Crippen LogP contribution is -2.28. The summed E-state index contributed by atoms with van der Waals surface area (Å²) < 4.78 is 18.4. The molecule has 1 amide bonds. The minimum Gasteiger partial charge on any atom is -0.381 e. The Hall–Kier alpha value is -3.01. The summed E-state index contributed by atoms with van der Waals surface area (Å²) in [6.45, 7) is 9.35. The molecule has 2 aliphatic heterocycles. The fourth-order valence-electron chi connectivity index (χ4n) is 4.70. The highest BCUT2D eigenvalue weighted by molar-refractivity contribution is 5.93. The van der Waals surface area contributed by atoms with Crippen molar-refractivity contribution in [1.29, 1.82) is 0 Å². The van der Waals surface area contributed by atoms with Crippen molar-refractivity contribution in [2.75, 3.05) is 26.3 Å². The van der Waals surface area contributed by atoms with E-state index in [2.05, 4.69) is 20.4 Å². The Bertz CT molecular complexity index is 1110. The van der Waals surface area contributed by atoms with Gasteiger partial charge < -0.3 is 18.7 Å². The molecule has 0 aromatic carbocycles. The predicted molar refractivity (Wildman–Crippen MR) is 113 cm³/mol. The van der Waals surface area contributed by atoms with Crippen molar-refractivity contribution in [3.8, 4) is 11.3 Å². The third-order valence-corrected chi connectivity index (χ3v) is 6.53. The Morgan fingerprint density at radius 2 is 1.94 bits per heavy atom. The number of hydrogen-bond donors (Lipinski definition) is 0. The minimum absolute atomic E-state index is 0.0405. The molecule has 5 heterocycles. The second kappa shape index (κ2) is 8.50. The molecule has 0 N–H and O–H groups in total. The van der Waals surface area contributed by atoms with E-state index in [4.69, 9.17) is 13.8 Å². The molecule has 2 fully saturated rings. The van der Waals surface area contributed by atoms with Gasteiger partial charge >= 0.3 is 0 Å². The van der Waals surface area contributed by atoms with Crippen LogP contribution in [0.2, 0.25) is 0 Å². The van der Waals surface area contributed by atoms with E-state index in [1.165, 1.54) is 0 Å². The maximum absolute atomic E-state index is 13.1. The Labute approximate surface area is 185 Å². The van der Waals surface area contributed by atoms with Crippen molar-refractivity contribution in [1.82, 2.24) is 30.0 Å². The van der Waals surface area contributed by atoms with Gasteiger partial charge in [-0.1, -0.05) is 10.3 Å². The number of likely N-dealkylation sites (tertiary alicyclic amines) is 1. The number of carbonyl (C=O) groups is 1. The third-order valence-electron chi connectivity index (χ3n) is 6.53. The lowest BCUT2D eigenvalue weighted by atomic mass is 10.00. The Morgan fingerprint density at radius 3 is 2.69 bits per heavy atom. The zero-order chi connectivity index (χ0) is 22.2. The van der Waals surface area contributed by atoms with Gasteiger partial charge in [0, 0.05) is 50.5 Å². The normalized spacial score (nSPS) is 19.7. The van der Waals surface area contributed by atoms with Gasteiger partial charge in [-0.3, -0.25) is 9.48 Å². The number of nitrogens with zero attached hydrogens (tertiary/aromatic N) is 6. The SMILES string of the molecule is CCn1nc(C)c(-c2cc(C(=O)N3CCC(c4nc(C5CCOCC5)no4)C3)no2)c1C. The number of carbonyl (C=O) groups excluding carboxylic acids is 1. The first kappa shape index (κ1) is 20.9. The molecule has 3 aromatic heterocycles. The summed E-state index contributed by atoms with van der Waals surface area (Å²) in [5.41, 5.74) is 3.05. The highest BCUT2D eigenvalue weighted by Gasteiger charge is 2.34. The monoisotopic (exact) mass is 440 g/mol.